The molecule has 4 aromatic rings. The Balaban J connectivity index is 1.88. The number of thiazole rings is 1. The van der Waals surface area contributed by atoms with E-state index in [9.17, 15) is 10.1 Å². The third kappa shape index (κ3) is 4.55. The van der Waals surface area contributed by atoms with Crippen LogP contribution >= 0.6 is 11.3 Å². The fourth-order valence-corrected chi connectivity index (χ4v) is 4.02. The molecule has 32 heavy (non-hydrogen) atoms. The van der Waals surface area contributed by atoms with Gasteiger partial charge in [0.2, 0.25) is 4.80 Å². The minimum atomic E-state index is -0.370. The lowest BCUT2D eigenvalue weighted by Crippen LogP contribution is -2.14. The molecule has 0 bridgehead atoms. The van der Waals surface area contributed by atoms with E-state index in [4.69, 9.17) is 10.1 Å². The fourth-order valence-electron chi connectivity index (χ4n) is 3.17. The topological polar surface area (TPSA) is 85.7 Å². The van der Waals surface area contributed by atoms with Gasteiger partial charge in [-0.2, -0.15) is 5.10 Å². The Kier molecular flexibility index (Phi) is 6.04. The van der Waals surface area contributed by atoms with Gasteiger partial charge in [0, 0.05) is 34.3 Å². The van der Waals surface area contributed by atoms with Crippen LogP contribution in [0.2, 0.25) is 0 Å². The van der Waals surface area contributed by atoms with E-state index in [0.29, 0.717) is 21.6 Å². The monoisotopic (exact) mass is 443 g/mol. The molecule has 0 atom stereocenters. The van der Waals surface area contributed by atoms with E-state index in [2.05, 4.69) is 17.1 Å². The number of nitro groups is 1. The number of hydrogen-bond acceptors (Lipinski definition) is 6. The van der Waals surface area contributed by atoms with Gasteiger partial charge in [-0.1, -0.05) is 42.0 Å². The molecule has 0 N–H and O–H groups in total. The van der Waals surface area contributed by atoms with Gasteiger partial charge in [-0.05, 0) is 32.9 Å². The van der Waals surface area contributed by atoms with Gasteiger partial charge in [-0.15, -0.1) is 11.3 Å². The highest BCUT2D eigenvalue weighted by Crippen LogP contribution is 2.23. The third-order valence-electron chi connectivity index (χ3n) is 4.98. The van der Waals surface area contributed by atoms with Crippen molar-refractivity contribution < 1.29 is 4.92 Å². The lowest BCUT2D eigenvalue weighted by molar-refractivity contribution is -0.385. The standard InChI is InChI=1S/C24H21N5O2S/c1-16-6-9-19(10-7-16)23-15-32-24(26-21-5-4-12-25-14-21)28(23)27-18(3)20-11-8-17(2)22(13-20)29(30)31/h4-15H,1-3H3. The fraction of sp³-hybridized carbons (Fsp3) is 0.125. The minimum Gasteiger partial charge on any atom is -0.262 e. The molecule has 7 nitrogen and oxygen atoms in total. The zero-order valence-electron chi connectivity index (χ0n) is 17.9. The zero-order valence-corrected chi connectivity index (χ0v) is 18.7. The van der Waals surface area contributed by atoms with E-state index in [1.807, 2.05) is 49.6 Å². The first kappa shape index (κ1) is 21.3. The van der Waals surface area contributed by atoms with Crippen molar-refractivity contribution in [2.24, 2.45) is 10.1 Å². The third-order valence-corrected chi connectivity index (χ3v) is 5.79. The number of hydrogen-bond donors (Lipinski definition) is 0. The molecule has 2 aromatic heterocycles. The molecular weight excluding hydrogens is 422 g/mol. The van der Waals surface area contributed by atoms with Crippen LogP contribution in [0.15, 0.2) is 82.5 Å². The van der Waals surface area contributed by atoms with Crippen LogP contribution in [-0.4, -0.2) is 20.3 Å². The Morgan fingerprint density at radius 3 is 2.59 bits per heavy atom. The van der Waals surface area contributed by atoms with Crippen molar-refractivity contribution in [3.8, 4) is 11.3 Å². The molecule has 0 fully saturated rings. The second kappa shape index (κ2) is 9.07. The van der Waals surface area contributed by atoms with Crippen molar-refractivity contribution in [2.75, 3.05) is 0 Å². The average Bonchev–Trinajstić information content (AvgIpc) is 3.17. The Labute approximate surface area is 189 Å². The number of rotatable bonds is 5. The summed E-state index contributed by atoms with van der Waals surface area (Å²) in [6.07, 6.45) is 3.39. The average molecular weight is 444 g/mol. The van der Waals surface area contributed by atoms with Crippen LogP contribution in [0.5, 0.6) is 0 Å². The lowest BCUT2D eigenvalue weighted by Gasteiger charge is -2.07. The van der Waals surface area contributed by atoms with Gasteiger partial charge in [0.05, 0.1) is 28.2 Å². The zero-order chi connectivity index (χ0) is 22.7. The Morgan fingerprint density at radius 1 is 1.12 bits per heavy atom. The first-order chi connectivity index (χ1) is 15.4. The lowest BCUT2D eigenvalue weighted by atomic mass is 10.1. The van der Waals surface area contributed by atoms with Crippen LogP contribution in [0, 0.1) is 24.0 Å². The van der Waals surface area contributed by atoms with Gasteiger partial charge < -0.3 is 0 Å². The van der Waals surface area contributed by atoms with Crippen molar-refractivity contribution in [2.45, 2.75) is 20.8 Å². The highest BCUT2D eigenvalue weighted by Gasteiger charge is 2.14. The quantitative estimate of drug-likeness (QED) is 0.227. The minimum absolute atomic E-state index is 0.0754. The molecule has 0 saturated carbocycles. The maximum absolute atomic E-state index is 11.4. The smallest absolute Gasteiger partial charge is 0.262 e. The number of aryl methyl sites for hydroxylation is 2. The number of benzene rings is 2. The van der Waals surface area contributed by atoms with Gasteiger partial charge in [-0.3, -0.25) is 15.1 Å². The van der Waals surface area contributed by atoms with Crippen molar-refractivity contribution in [1.82, 2.24) is 9.66 Å². The van der Waals surface area contributed by atoms with Gasteiger partial charge in [0.25, 0.3) is 5.69 Å². The van der Waals surface area contributed by atoms with Crippen LogP contribution < -0.4 is 4.80 Å². The van der Waals surface area contributed by atoms with E-state index >= 15 is 0 Å². The van der Waals surface area contributed by atoms with Crippen molar-refractivity contribution in [3.63, 3.8) is 0 Å². The summed E-state index contributed by atoms with van der Waals surface area (Å²) in [5, 5.41) is 18.2. The van der Waals surface area contributed by atoms with E-state index in [-0.39, 0.29) is 10.6 Å². The second-order valence-electron chi connectivity index (χ2n) is 7.35. The first-order valence-corrected chi connectivity index (χ1v) is 10.8. The highest BCUT2D eigenvalue weighted by molar-refractivity contribution is 7.07. The Morgan fingerprint density at radius 2 is 1.91 bits per heavy atom. The normalized spacial score (nSPS) is 12.2. The van der Waals surface area contributed by atoms with Gasteiger partial charge in [0.1, 0.15) is 0 Å². The van der Waals surface area contributed by atoms with Crippen LogP contribution in [0.1, 0.15) is 23.6 Å². The highest BCUT2D eigenvalue weighted by atomic mass is 32.1. The molecule has 160 valence electrons. The largest absolute Gasteiger partial charge is 0.272 e. The number of aromatic nitrogens is 2. The van der Waals surface area contributed by atoms with Crippen LogP contribution in [0.4, 0.5) is 11.4 Å². The summed E-state index contributed by atoms with van der Waals surface area (Å²) in [5.74, 6) is 0. The van der Waals surface area contributed by atoms with Gasteiger partial charge in [-0.25, -0.2) is 9.67 Å². The summed E-state index contributed by atoms with van der Waals surface area (Å²) in [5.41, 5.74) is 5.80. The molecule has 0 saturated heterocycles. The van der Waals surface area contributed by atoms with Gasteiger partial charge in [0.15, 0.2) is 0 Å². The summed E-state index contributed by atoms with van der Waals surface area (Å²) in [4.78, 5) is 20.5. The van der Waals surface area contributed by atoms with Crippen molar-refractivity contribution in [1.29, 1.82) is 0 Å². The van der Waals surface area contributed by atoms with E-state index in [1.165, 1.54) is 16.9 Å². The molecule has 4 rings (SSSR count). The number of pyridine rings is 1. The van der Waals surface area contributed by atoms with E-state index < -0.39 is 0 Å². The second-order valence-corrected chi connectivity index (χ2v) is 8.18. The summed E-state index contributed by atoms with van der Waals surface area (Å²) >= 11 is 1.47. The summed E-state index contributed by atoms with van der Waals surface area (Å²) in [7, 11) is 0. The number of nitro benzene ring substituents is 1. The van der Waals surface area contributed by atoms with Crippen LogP contribution in [0.3, 0.4) is 0 Å². The summed E-state index contributed by atoms with van der Waals surface area (Å²) < 4.78 is 1.78. The Hall–Kier alpha value is -3.91. The molecule has 0 unspecified atom stereocenters. The molecule has 0 radical (unpaired) electrons. The van der Waals surface area contributed by atoms with Crippen molar-refractivity contribution >= 4 is 28.4 Å². The maximum Gasteiger partial charge on any atom is 0.272 e. The van der Waals surface area contributed by atoms with Gasteiger partial charge >= 0.3 is 0 Å². The SMILES string of the molecule is CC(=Nn1c(-c2ccc(C)cc2)csc1=Nc1cccnc1)c1ccc(C)c([N+](=O)[O-])c1. The number of nitrogens with zero attached hydrogens (tertiary/aromatic N) is 5. The molecule has 0 spiro atoms. The Bertz CT molecular complexity index is 1370. The molecule has 2 aromatic carbocycles. The van der Waals surface area contributed by atoms with E-state index in [0.717, 1.165) is 16.9 Å². The maximum atomic E-state index is 11.4. The molecular formula is C24H21N5O2S. The molecule has 0 aliphatic heterocycles. The summed E-state index contributed by atoms with van der Waals surface area (Å²) in [6, 6.07) is 17.0. The van der Waals surface area contributed by atoms with Crippen LogP contribution in [0.25, 0.3) is 11.3 Å². The van der Waals surface area contributed by atoms with E-state index in [1.54, 1.807) is 36.1 Å². The molecule has 0 aliphatic carbocycles. The van der Waals surface area contributed by atoms with Crippen LogP contribution in [-0.2, 0) is 0 Å². The first-order valence-electron chi connectivity index (χ1n) is 9.96. The predicted octanol–water partition coefficient (Wildman–Crippen LogP) is 5.64. The predicted molar refractivity (Wildman–Crippen MR) is 127 cm³/mol. The molecule has 0 aliphatic rings. The summed E-state index contributed by atoms with van der Waals surface area (Å²) in [6.45, 7) is 5.61. The molecule has 2 heterocycles. The van der Waals surface area contributed by atoms with Crippen molar-refractivity contribution in [3.05, 3.63) is 104 Å². The molecule has 0 amide bonds. The molecule has 8 heteroatoms.